The first kappa shape index (κ1) is 16.9. The summed E-state index contributed by atoms with van der Waals surface area (Å²) in [7, 11) is -2.41. The Morgan fingerprint density at radius 2 is 1.71 bits per heavy atom. The van der Waals surface area contributed by atoms with E-state index in [9.17, 15) is 12.8 Å². The molecule has 24 heavy (non-hydrogen) atoms. The van der Waals surface area contributed by atoms with Gasteiger partial charge in [0.05, 0.1) is 5.75 Å². The number of rotatable bonds is 5. The smallest absolute Gasteiger partial charge is 0.144 e. The molecule has 3 nitrogen and oxygen atoms in total. The Kier molecular flexibility index (Phi) is 5.11. The van der Waals surface area contributed by atoms with Crippen LogP contribution in [0, 0.1) is 5.82 Å². The van der Waals surface area contributed by atoms with Crippen LogP contribution in [0.25, 0.3) is 11.1 Å². The van der Waals surface area contributed by atoms with Crippen molar-refractivity contribution < 1.29 is 12.8 Å². The Morgan fingerprint density at radius 3 is 2.38 bits per heavy atom. The van der Waals surface area contributed by atoms with E-state index in [0.29, 0.717) is 6.54 Å². The summed E-state index contributed by atoms with van der Waals surface area (Å²) in [6.07, 6.45) is 2.97. The lowest BCUT2D eigenvalue weighted by Crippen LogP contribution is -2.02. The molecule has 2 N–H and O–H groups in total. The van der Waals surface area contributed by atoms with Crippen LogP contribution in [0.3, 0.4) is 0 Å². The summed E-state index contributed by atoms with van der Waals surface area (Å²) < 4.78 is 35.1. The topological polar surface area (TPSA) is 60.2 Å². The minimum atomic E-state index is -2.41. The van der Waals surface area contributed by atoms with Crippen molar-refractivity contribution in [3.63, 3.8) is 0 Å². The molecule has 0 aromatic heterocycles. The van der Waals surface area contributed by atoms with Crippen LogP contribution < -0.4 is 5.73 Å². The number of halogens is 1. The molecule has 0 heterocycles. The van der Waals surface area contributed by atoms with Crippen LogP contribution in [-0.2, 0) is 23.0 Å². The first-order chi connectivity index (χ1) is 11.6. The maximum atomic E-state index is 13.5. The van der Waals surface area contributed by atoms with Crippen molar-refractivity contribution in [1.82, 2.24) is 0 Å². The van der Waals surface area contributed by atoms with Gasteiger partial charge in [0.15, 0.2) is 0 Å². The minimum Gasteiger partial charge on any atom is -0.326 e. The molecule has 2 aromatic rings. The Labute approximate surface area is 143 Å². The normalized spacial score (nSPS) is 14.6. The van der Waals surface area contributed by atoms with Crippen molar-refractivity contribution in [2.75, 3.05) is 0 Å². The van der Waals surface area contributed by atoms with Gasteiger partial charge in [-0.2, -0.15) is 0 Å². The summed E-state index contributed by atoms with van der Waals surface area (Å²) >= 11 is 0. The molecule has 0 amide bonds. The van der Waals surface area contributed by atoms with Gasteiger partial charge in [0, 0.05) is 6.54 Å². The SMILES string of the molecule is NCc1cc(F)ccc1C1=C(c2ccc(C[SH](=O)=O)cc2)CCC1. The van der Waals surface area contributed by atoms with E-state index in [2.05, 4.69) is 0 Å². The summed E-state index contributed by atoms with van der Waals surface area (Å²) in [5, 5.41) is 0. The number of benzene rings is 2. The number of hydrogen-bond donors (Lipinski definition) is 2. The molecule has 0 fully saturated rings. The van der Waals surface area contributed by atoms with E-state index in [4.69, 9.17) is 5.73 Å². The van der Waals surface area contributed by atoms with E-state index in [1.54, 1.807) is 0 Å². The van der Waals surface area contributed by atoms with E-state index in [1.165, 1.54) is 23.3 Å². The molecule has 1 aliphatic rings. The highest BCUT2D eigenvalue weighted by Crippen LogP contribution is 2.40. The number of thiol groups is 1. The third-order valence-corrected chi connectivity index (χ3v) is 5.07. The van der Waals surface area contributed by atoms with E-state index in [0.717, 1.165) is 41.5 Å². The lowest BCUT2D eigenvalue weighted by molar-refractivity contribution is 0.614. The number of hydrogen-bond acceptors (Lipinski definition) is 3. The largest absolute Gasteiger partial charge is 0.326 e. The zero-order valence-corrected chi connectivity index (χ0v) is 14.2. The lowest BCUT2D eigenvalue weighted by atomic mass is 9.93. The van der Waals surface area contributed by atoms with Crippen LogP contribution in [0.15, 0.2) is 42.5 Å². The Balaban J connectivity index is 2.01. The molecule has 0 aliphatic heterocycles. The first-order valence-electron chi connectivity index (χ1n) is 8.00. The number of nitrogens with two attached hydrogens (primary N) is 1. The molecule has 0 spiro atoms. The first-order valence-corrected chi connectivity index (χ1v) is 9.36. The van der Waals surface area contributed by atoms with Crippen LogP contribution in [0.4, 0.5) is 4.39 Å². The van der Waals surface area contributed by atoms with Gasteiger partial charge in [0.2, 0.25) is 0 Å². The maximum absolute atomic E-state index is 13.5. The summed E-state index contributed by atoms with van der Waals surface area (Å²) in [6.45, 7) is 0.305. The Hall–Kier alpha value is -1.98. The maximum Gasteiger partial charge on any atom is 0.144 e. The molecule has 0 radical (unpaired) electrons. The van der Waals surface area contributed by atoms with Gasteiger partial charge >= 0.3 is 0 Å². The quantitative estimate of drug-likeness (QED) is 0.816. The highest BCUT2D eigenvalue weighted by atomic mass is 32.2. The second-order valence-electron chi connectivity index (χ2n) is 6.00. The van der Waals surface area contributed by atoms with Crippen LogP contribution in [-0.4, -0.2) is 8.42 Å². The van der Waals surface area contributed by atoms with Gasteiger partial charge in [-0.15, -0.1) is 0 Å². The Morgan fingerprint density at radius 1 is 1.00 bits per heavy atom. The molecule has 2 aromatic carbocycles. The fraction of sp³-hybridized carbons (Fsp3) is 0.263. The summed E-state index contributed by atoms with van der Waals surface area (Å²) in [6, 6.07) is 12.5. The summed E-state index contributed by atoms with van der Waals surface area (Å²) in [5.41, 5.74) is 12.0. The highest BCUT2D eigenvalue weighted by Gasteiger charge is 2.19. The Bertz CT molecular complexity index is 846. The molecule has 0 saturated carbocycles. The average Bonchev–Trinajstić information content (AvgIpc) is 3.04. The molecular formula is C19H20FNO2S. The third-order valence-electron chi connectivity index (χ3n) is 4.44. The average molecular weight is 345 g/mol. The van der Waals surface area contributed by atoms with E-state index in [1.807, 2.05) is 30.3 Å². The molecule has 1 aliphatic carbocycles. The van der Waals surface area contributed by atoms with Crippen LogP contribution in [0.5, 0.6) is 0 Å². The van der Waals surface area contributed by atoms with Crippen molar-refractivity contribution in [3.05, 3.63) is 70.5 Å². The second-order valence-corrected chi connectivity index (χ2v) is 6.99. The van der Waals surface area contributed by atoms with Crippen molar-refractivity contribution in [2.24, 2.45) is 5.73 Å². The van der Waals surface area contributed by atoms with Crippen molar-refractivity contribution in [2.45, 2.75) is 31.6 Å². The fourth-order valence-corrected chi connectivity index (χ4v) is 3.85. The third kappa shape index (κ3) is 3.57. The molecule has 5 heteroatoms. The second kappa shape index (κ2) is 7.28. The number of allylic oxidation sites excluding steroid dienone is 2. The van der Waals surface area contributed by atoms with Crippen LogP contribution in [0.1, 0.15) is 41.5 Å². The van der Waals surface area contributed by atoms with Gasteiger partial charge in [-0.3, -0.25) is 0 Å². The molecular weight excluding hydrogens is 325 g/mol. The van der Waals surface area contributed by atoms with Crippen molar-refractivity contribution in [3.8, 4) is 0 Å². The van der Waals surface area contributed by atoms with Gasteiger partial charge in [-0.25, -0.2) is 12.8 Å². The van der Waals surface area contributed by atoms with Gasteiger partial charge < -0.3 is 5.73 Å². The van der Waals surface area contributed by atoms with Crippen LogP contribution in [0.2, 0.25) is 0 Å². The highest BCUT2D eigenvalue weighted by molar-refractivity contribution is 7.71. The predicted octanol–water partition coefficient (Wildman–Crippen LogP) is 3.49. The lowest BCUT2D eigenvalue weighted by Gasteiger charge is -2.13. The molecule has 3 rings (SSSR count). The van der Waals surface area contributed by atoms with E-state index >= 15 is 0 Å². The molecule has 0 saturated heterocycles. The molecule has 0 unspecified atom stereocenters. The standard InChI is InChI=1S/C19H20FNO2S/c20-16-8-9-18(15(10-16)11-21)19-3-1-2-17(19)14-6-4-13(5-7-14)12-24(22)23/h4-10,24H,1-3,11-12,21H2. The van der Waals surface area contributed by atoms with Crippen molar-refractivity contribution >= 4 is 21.9 Å². The van der Waals surface area contributed by atoms with Gasteiger partial charge in [0.1, 0.15) is 16.5 Å². The summed E-state index contributed by atoms with van der Waals surface area (Å²) in [5.74, 6) is -0.202. The zero-order valence-electron chi connectivity index (χ0n) is 13.3. The molecule has 0 bridgehead atoms. The van der Waals surface area contributed by atoms with Crippen LogP contribution >= 0.6 is 0 Å². The monoisotopic (exact) mass is 345 g/mol. The minimum absolute atomic E-state index is 0.0663. The van der Waals surface area contributed by atoms with Crippen molar-refractivity contribution in [1.29, 1.82) is 0 Å². The molecule has 0 atom stereocenters. The summed E-state index contributed by atoms with van der Waals surface area (Å²) in [4.78, 5) is 0. The van der Waals surface area contributed by atoms with Gasteiger partial charge in [-0.1, -0.05) is 30.3 Å². The fourth-order valence-electron chi connectivity index (χ4n) is 3.35. The zero-order chi connectivity index (χ0) is 17.1. The predicted molar refractivity (Wildman–Crippen MR) is 95.4 cm³/mol. The van der Waals surface area contributed by atoms with Gasteiger partial charge in [0.25, 0.3) is 0 Å². The van der Waals surface area contributed by atoms with E-state index in [-0.39, 0.29) is 11.6 Å². The van der Waals surface area contributed by atoms with Gasteiger partial charge in [-0.05, 0) is 64.8 Å². The molecule has 126 valence electrons. The van der Waals surface area contributed by atoms with E-state index < -0.39 is 10.7 Å².